The van der Waals surface area contributed by atoms with Gasteiger partial charge in [0.15, 0.2) is 5.82 Å². The van der Waals surface area contributed by atoms with E-state index in [0.29, 0.717) is 47.7 Å². The number of hydrogen-bond donors (Lipinski definition) is 3. The van der Waals surface area contributed by atoms with Crippen LogP contribution in [0.4, 0.5) is 25.0 Å². The molecule has 2 aliphatic rings. The summed E-state index contributed by atoms with van der Waals surface area (Å²) in [7, 11) is 1.25. The van der Waals surface area contributed by atoms with Crippen LogP contribution < -0.4 is 10.6 Å². The summed E-state index contributed by atoms with van der Waals surface area (Å²) in [6, 6.07) is 6.81. The van der Waals surface area contributed by atoms with Crippen LogP contribution in [0.1, 0.15) is 49.9 Å². The molecule has 0 saturated heterocycles. The van der Waals surface area contributed by atoms with Crippen LogP contribution in [-0.2, 0) is 14.3 Å². The molecule has 3 heterocycles. The third kappa shape index (κ3) is 5.81. The van der Waals surface area contributed by atoms with Crippen molar-refractivity contribution < 1.29 is 27.9 Å². The van der Waals surface area contributed by atoms with Crippen molar-refractivity contribution in [2.45, 2.75) is 38.6 Å². The molecule has 214 valence electrons. The van der Waals surface area contributed by atoms with Crippen molar-refractivity contribution in [1.82, 2.24) is 14.9 Å². The quantitative estimate of drug-likeness (QED) is 0.313. The van der Waals surface area contributed by atoms with Crippen molar-refractivity contribution in [2.75, 3.05) is 24.3 Å². The highest BCUT2D eigenvalue weighted by Gasteiger charge is 2.31. The van der Waals surface area contributed by atoms with Crippen LogP contribution in [0.3, 0.4) is 0 Å². The van der Waals surface area contributed by atoms with E-state index in [0.717, 1.165) is 12.1 Å². The molecule has 3 N–H and O–H groups in total. The van der Waals surface area contributed by atoms with Crippen LogP contribution in [0.5, 0.6) is 0 Å². The Hall–Kier alpha value is -4.25. The Bertz CT molecular complexity index is 1560. The summed E-state index contributed by atoms with van der Waals surface area (Å²) >= 11 is 5.87. The average Bonchev–Trinajstić information content (AvgIpc) is 3.43. The van der Waals surface area contributed by atoms with Gasteiger partial charge >= 0.3 is 6.09 Å². The van der Waals surface area contributed by atoms with Gasteiger partial charge in [-0.15, -0.1) is 0 Å². The molecule has 5 rings (SSSR count). The van der Waals surface area contributed by atoms with E-state index >= 15 is 0 Å². The second-order valence-corrected chi connectivity index (χ2v) is 10.5. The summed E-state index contributed by atoms with van der Waals surface area (Å²) in [5.41, 5.74) is 2.11. The molecule has 41 heavy (non-hydrogen) atoms. The van der Waals surface area contributed by atoms with Gasteiger partial charge in [0.2, 0.25) is 11.8 Å². The van der Waals surface area contributed by atoms with E-state index in [2.05, 4.69) is 25.3 Å². The third-order valence-corrected chi connectivity index (χ3v) is 7.72. The smallest absolute Gasteiger partial charge is 0.411 e. The molecule has 1 aromatic heterocycles. The van der Waals surface area contributed by atoms with E-state index in [4.69, 9.17) is 11.6 Å². The van der Waals surface area contributed by atoms with E-state index in [1.54, 1.807) is 29.3 Å². The van der Waals surface area contributed by atoms with Gasteiger partial charge in [0, 0.05) is 29.8 Å². The highest BCUT2D eigenvalue weighted by Crippen LogP contribution is 2.37. The predicted octanol–water partition coefficient (Wildman–Crippen LogP) is 6.30. The van der Waals surface area contributed by atoms with Gasteiger partial charge in [0.1, 0.15) is 11.6 Å². The SMILES string of the molecule is COC(=O)Nc1ccc2c(c1)NC(=O)[C@H](C)CCCC(N1CCC(c3c(F)ccc(Cl)c3F)=CC1=O)c1cnc-2[nH]1. The van der Waals surface area contributed by atoms with Gasteiger partial charge in [-0.1, -0.05) is 24.9 Å². The molecule has 3 amide bonds. The molecule has 12 heteroatoms. The summed E-state index contributed by atoms with van der Waals surface area (Å²) in [5, 5.41) is 5.31. The Balaban J connectivity index is 1.49. The van der Waals surface area contributed by atoms with Gasteiger partial charge < -0.3 is 19.9 Å². The molecule has 0 spiro atoms. The van der Waals surface area contributed by atoms with Crippen LogP contribution in [0, 0.1) is 17.6 Å². The summed E-state index contributed by atoms with van der Waals surface area (Å²) in [6.07, 6.45) is 4.22. The van der Waals surface area contributed by atoms with Crippen LogP contribution in [0.2, 0.25) is 5.02 Å². The number of rotatable bonds is 3. The number of H-pyrrole nitrogens is 1. The first-order valence-corrected chi connectivity index (χ1v) is 13.5. The number of nitrogens with zero attached hydrogens (tertiary/aromatic N) is 2. The van der Waals surface area contributed by atoms with E-state index in [1.807, 2.05) is 6.92 Å². The van der Waals surface area contributed by atoms with Crippen molar-refractivity contribution >= 4 is 46.5 Å². The number of ether oxygens (including phenoxy) is 1. The fourth-order valence-electron chi connectivity index (χ4n) is 5.21. The molecule has 2 bridgehead atoms. The van der Waals surface area contributed by atoms with Gasteiger partial charge in [-0.2, -0.15) is 0 Å². The molecule has 2 aromatic carbocycles. The van der Waals surface area contributed by atoms with Crippen LogP contribution in [0.25, 0.3) is 17.0 Å². The molecular formula is C29H28ClF2N5O4. The Morgan fingerprint density at radius 3 is 2.76 bits per heavy atom. The maximum atomic E-state index is 14.7. The van der Waals surface area contributed by atoms with Crippen molar-refractivity contribution in [2.24, 2.45) is 5.92 Å². The lowest BCUT2D eigenvalue weighted by Gasteiger charge is -2.34. The Morgan fingerprint density at radius 2 is 2.00 bits per heavy atom. The number of imidazole rings is 1. The van der Waals surface area contributed by atoms with Gasteiger partial charge in [0.25, 0.3) is 0 Å². The number of anilines is 2. The number of aromatic amines is 1. The number of aromatic nitrogens is 2. The number of carbonyl (C=O) groups excluding carboxylic acids is 3. The van der Waals surface area contributed by atoms with Crippen LogP contribution in [-0.4, -0.2) is 46.4 Å². The first-order chi connectivity index (χ1) is 19.7. The zero-order valence-electron chi connectivity index (χ0n) is 22.4. The standard InChI is InChI=1S/C29H28ClF2N5O4/c1-15-4-3-5-23(37-11-10-16(12-24(37)38)25-20(31)9-8-19(30)26(25)32)22-14-33-27(35-22)18-7-6-17(34-29(40)41-2)13-21(18)36-28(15)39/h6-9,12-15,23H,3-5,10-11H2,1-2H3,(H,33,35)(H,34,40)(H,36,39)/t15-,23?/m1/s1. The van der Waals surface area contributed by atoms with Crippen molar-refractivity contribution in [3.63, 3.8) is 0 Å². The zero-order valence-corrected chi connectivity index (χ0v) is 23.1. The number of nitrogens with one attached hydrogen (secondary N) is 3. The van der Waals surface area contributed by atoms with Crippen molar-refractivity contribution in [3.8, 4) is 11.4 Å². The summed E-state index contributed by atoms with van der Waals surface area (Å²) in [6.45, 7) is 2.05. The van der Waals surface area contributed by atoms with Crippen molar-refractivity contribution in [3.05, 3.63) is 70.5 Å². The molecule has 0 saturated carbocycles. The first-order valence-electron chi connectivity index (χ1n) is 13.2. The molecule has 3 aromatic rings. The van der Waals surface area contributed by atoms with E-state index in [-0.39, 0.29) is 46.9 Å². The van der Waals surface area contributed by atoms with Gasteiger partial charge in [0.05, 0.1) is 41.3 Å². The topological polar surface area (TPSA) is 116 Å². The third-order valence-electron chi connectivity index (χ3n) is 7.43. The minimum Gasteiger partial charge on any atom is -0.453 e. The molecule has 2 aliphatic heterocycles. The number of halogens is 3. The normalized spacial score (nSPS) is 19.3. The monoisotopic (exact) mass is 583 g/mol. The maximum Gasteiger partial charge on any atom is 0.411 e. The fourth-order valence-corrected chi connectivity index (χ4v) is 5.37. The molecule has 0 fully saturated rings. The van der Waals surface area contributed by atoms with E-state index in [1.165, 1.54) is 13.2 Å². The number of fused-ring (bicyclic) bond motifs is 4. The molecule has 0 aliphatic carbocycles. The maximum absolute atomic E-state index is 14.7. The number of amides is 3. The van der Waals surface area contributed by atoms with Crippen LogP contribution in [0.15, 0.2) is 42.6 Å². The first kappa shape index (κ1) is 28.3. The lowest BCUT2D eigenvalue weighted by Crippen LogP contribution is -2.37. The molecule has 2 atom stereocenters. The molecular weight excluding hydrogens is 556 g/mol. The number of carbonyl (C=O) groups is 3. The summed E-state index contributed by atoms with van der Waals surface area (Å²) in [5.74, 6) is -2.12. The number of methoxy groups -OCH3 is 1. The largest absolute Gasteiger partial charge is 0.453 e. The van der Waals surface area contributed by atoms with Crippen molar-refractivity contribution in [1.29, 1.82) is 0 Å². The van der Waals surface area contributed by atoms with E-state index in [9.17, 15) is 23.2 Å². The molecule has 0 radical (unpaired) electrons. The summed E-state index contributed by atoms with van der Waals surface area (Å²) in [4.78, 5) is 47.6. The van der Waals surface area contributed by atoms with Gasteiger partial charge in [-0.25, -0.2) is 18.6 Å². The lowest BCUT2D eigenvalue weighted by molar-refractivity contribution is -0.129. The number of benzene rings is 2. The second kappa shape index (κ2) is 11.7. The lowest BCUT2D eigenvalue weighted by atomic mass is 9.94. The Labute approximate surface area is 239 Å². The molecule has 9 nitrogen and oxygen atoms in total. The average molecular weight is 584 g/mol. The predicted molar refractivity (Wildman–Crippen MR) is 150 cm³/mol. The zero-order chi connectivity index (χ0) is 29.3. The second-order valence-electron chi connectivity index (χ2n) is 10.1. The van der Waals surface area contributed by atoms with Gasteiger partial charge in [-0.05, 0) is 55.2 Å². The highest BCUT2D eigenvalue weighted by molar-refractivity contribution is 6.31. The minimum absolute atomic E-state index is 0.197. The van der Waals surface area contributed by atoms with Crippen LogP contribution >= 0.6 is 11.6 Å². The molecule has 1 unspecified atom stereocenters. The Morgan fingerprint density at radius 1 is 1.20 bits per heavy atom. The Kier molecular flexibility index (Phi) is 8.07. The van der Waals surface area contributed by atoms with E-state index < -0.39 is 23.8 Å². The fraction of sp³-hybridized carbons (Fsp3) is 0.310. The highest BCUT2D eigenvalue weighted by atomic mass is 35.5. The van der Waals surface area contributed by atoms with Gasteiger partial charge in [-0.3, -0.25) is 14.9 Å². The number of hydrogen-bond acceptors (Lipinski definition) is 5. The summed E-state index contributed by atoms with van der Waals surface area (Å²) < 4.78 is 33.8. The minimum atomic E-state index is -0.890.